The molecule has 1 aromatic rings. The zero-order chi connectivity index (χ0) is 14.1. The minimum absolute atomic E-state index is 0.266. The van der Waals surface area contributed by atoms with E-state index >= 15 is 0 Å². The highest BCUT2D eigenvalue weighted by molar-refractivity contribution is 5.87. The number of rotatable bonds is 9. The van der Waals surface area contributed by atoms with Gasteiger partial charge in [-0.05, 0) is 30.8 Å². The summed E-state index contributed by atoms with van der Waals surface area (Å²) in [6.07, 6.45) is 0. The predicted octanol–water partition coefficient (Wildman–Crippen LogP) is 1.73. The third-order valence-electron chi connectivity index (χ3n) is 2.84. The Kier molecular flexibility index (Phi) is 6.92. The first-order chi connectivity index (χ1) is 9.17. The minimum Gasteiger partial charge on any atom is -0.492 e. The SMILES string of the molecule is CCN(CCOC)CCOc1ccc(C(=O)O)cc1. The number of carboxylic acids is 1. The minimum atomic E-state index is -0.928. The number of methoxy groups -OCH3 is 1. The maximum absolute atomic E-state index is 10.7. The lowest BCUT2D eigenvalue weighted by molar-refractivity contribution is 0.0697. The van der Waals surface area contributed by atoms with E-state index in [1.807, 2.05) is 0 Å². The summed E-state index contributed by atoms with van der Waals surface area (Å²) >= 11 is 0. The van der Waals surface area contributed by atoms with E-state index < -0.39 is 5.97 Å². The molecule has 0 bridgehead atoms. The molecule has 19 heavy (non-hydrogen) atoms. The number of hydrogen-bond acceptors (Lipinski definition) is 4. The van der Waals surface area contributed by atoms with Gasteiger partial charge < -0.3 is 14.6 Å². The van der Waals surface area contributed by atoms with Crippen molar-refractivity contribution in [3.63, 3.8) is 0 Å². The molecule has 0 aromatic heterocycles. The molecule has 0 saturated heterocycles. The molecule has 0 amide bonds. The molecule has 0 unspecified atom stereocenters. The van der Waals surface area contributed by atoms with Crippen molar-refractivity contribution in [2.45, 2.75) is 6.92 Å². The topological polar surface area (TPSA) is 59.0 Å². The molecular weight excluding hydrogens is 246 g/mol. The van der Waals surface area contributed by atoms with Gasteiger partial charge in [0.25, 0.3) is 0 Å². The van der Waals surface area contributed by atoms with E-state index in [0.29, 0.717) is 19.0 Å². The Balaban J connectivity index is 2.33. The summed E-state index contributed by atoms with van der Waals surface area (Å²) in [4.78, 5) is 12.9. The molecule has 0 atom stereocenters. The number of aromatic carboxylic acids is 1. The van der Waals surface area contributed by atoms with Gasteiger partial charge >= 0.3 is 5.97 Å². The van der Waals surface area contributed by atoms with E-state index in [1.165, 1.54) is 0 Å². The summed E-state index contributed by atoms with van der Waals surface area (Å²) in [6, 6.07) is 6.43. The van der Waals surface area contributed by atoms with Gasteiger partial charge in [0.2, 0.25) is 0 Å². The Morgan fingerprint density at radius 3 is 2.37 bits per heavy atom. The molecule has 0 aliphatic rings. The van der Waals surface area contributed by atoms with E-state index in [4.69, 9.17) is 14.6 Å². The van der Waals surface area contributed by atoms with Crippen molar-refractivity contribution < 1.29 is 19.4 Å². The molecule has 1 aromatic carbocycles. The average Bonchev–Trinajstić information content (AvgIpc) is 2.43. The highest BCUT2D eigenvalue weighted by atomic mass is 16.5. The van der Waals surface area contributed by atoms with Crippen LogP contribution in [0.3, 0.4) is 0 Å². The van der Waals surface area contributed by atoms with Gasteiger partial charge in [-0.3, -0.25) is 4.90 Å². The van der Waals surface area contributed by atoms with Crippen LogP contribution in [-0.2, 0) is 4.74 Å². The molecule has 0 aliphatic heterocycles. The first kappa shape index (κ1) is 15.5. The fraction of sp³-hybridized carbons (Fsp3) is 0.500. The van der Waals surface area contributed by atoms with Crippen LogP contribution in [0.25, 0.3) is 0 Å². The van der Waals surface area contributed by atoms with Gasteiger partial charge in [0.15, 0.2) is 0 Å². The predicted molar refractivity (Wildman–Crippen MR) is 72.9 cm³/mol. The second-order valence-corrected chi connectivity index (χ2v) is 4.11. The lowest BCUT2D eigenvalue weighted by Crippen LogP contribution is -2.31. The van der Waals surface area contributed by atoms with Crippen LogP contribution >= 0.6 is 0 Å². The van der Waals surface area contributed by atoms with Crippen LogP contribution in [0.15, 0.2) is 24.3 Å². The van der Waals surface area contributed by atoms with Crippen LogP contribution < -0.4 is 4.74 Å². The molecular formula is C14H21NO4. The normalized spacial score (nSPS) is 10.7. The zero-order valence-corrected chi connectivity index (χ0v) is 11.5. The lowest BCUT2D eigenvalue weighted by Gasteiger charge is -2.19. The zero-order valence-electron chi connectivity index (χ0n) is 11.5. The van der Waals surface area contributed by atoms with Crippen LogP contribution in [0.5, 0.6) is 5.75 Å². The van der Waals surface area contributed by atoms with Crippen molar-refractivity contribution in [2.75, 3.05) is 40.0 Å². The summed E-state index contributed by atoms with van der Waals surface area (Å²) in [5.74, 6) is -0.240. The molecule has 0 aliphatic carbocycles. The Labute approximate surface area is 113 Å². The van der Waals surface area contributed by atoms with Gasteiger partial charge in [0, 0.05) is 20.2 Å². The van der Waals surface area contributed by atoms with Crippen molar-refractivity contribution in [3.8, 4) is 5.75 Å². The largest absolute Gasteiger partial charge is 0.492 e. The van der Waals surface area contributed by atoms with Gasteiger partial charge in [-0.25, -0.2) is 4.79 Å². The van der Waals surface area contributed by atoms with Crippen molar-refractivity contribution in [3.05, 3.63) is 29.8 Å². The summed E-state index contributed by atoms with van der Waals surface area (Å²) in [5.41, 5.74) is 0.266. The number of benzene rings is 1. The molecule has 1 N–H and O–H groups in total. The molecule has 0 fully saturated rings. The van der Waals surface area contributed by atoms with E-state index in [-0.39, 0.29) is 5.56 Å². The quantitative estimate of drug-likeness (QED) is 0.738. The molecule has 0 heterocycles. The monoisotopic (exact) mass is 267 g/mol. The van der Waals surface area contributed by atoms with Gasteiger partial charge in [0.1, 0.15) is 12.4 Å². The van der Waals surface area contributed by atoms with Crippen molar-refractivity contribution in [2.24, 2.45) is 0 Å². The number of ether oxygens (including phenoxy) is 2. The van der Waals surface area contributed by atoms with E-state index in [2.05, 4.69) is 11.8 Å². The van der Waals surface area contributed by atoms with Crippen LogP contribution in [0.2, 0.25) is 0 Å². The Morgan fingerprint density at radius 2 is 1.84 bits per heavy atom. The van der Waals surface area contributed by atoms with Crippen LogP contribution in [0.1, 0.15) is 17.3 Å². The molecule has 106 valence electrons. The van der Waals surface area contributed by atoms with E-state index in [9.17, 15) is 4.79 Å². The number of carbonyl (C=O) groups is 1. The smallest absolute Gasteiger partial charge is 0.335 e. The Bertz CT molecular complexity index is 378. The Morgan fingerprint density at radius 1 is 1.21 bits per heavy atom. The van der Waals surface area contributed by atoms with Crippen LogP contribution in [-0.4, -0.2) is 55.9 Å². The maximum atomic E-state index is 10.7. The van der Waals surface area contributed by atoms with Crippen LogP contribution in [0, 0.1) is 0 Å². The second kappa shape index (κ2) is 8.50. The maximum Gasteiger partial charge on any atom is 0.335 e. The number of carboxylic acid groups (broad SMARTS) is 1. The fourth-order valence-corrected chi connectivity index (χ4v) is 1.63. The number of nitrogens with zero attached hydrogens (tertiary/aromatic N) is 1. The van der Waals surface area contributed by atoms with E-state index in [0.717, 1.165) is 19.6 Å². The van der Waals surface area contributed by atoms with Crippen molar-refractivity contribution in [1.82, 2.24) is 4.90 Å². The standard InChI is InChI=1S/C14H21NO4/c1-3-15(8-10-18-2)9-11-19-13-6-4-12(5-7-13)14(16)17/h4-7H,3,8-11H2,1-2H3,(H,16,17). The van der Waals surface area contributed by atoms with Gasteiger partial charge in [-0.2, -0.15) is 0 Å². The summed E-state index contributed by atoms with van der Waals surface area (Å²) in [5, 5.41) is 8.78. The molecule has 1 rings (SSSR count). The molecule has 0 spiro atoms. The molecule has 5 heteroatoms. The second-order valence-electron chi connectivity index (χ2n) is 4.11. The highest BCUT2D eigenvalue weighted by Crippen LogP contribution is 2.12. The highest BCUT2D eigenvalue weighted by Gasteiger charge is 2.04. The Hall–Kier alpha value is -1.59. The lowest BCUT2D eigenvalue weighted by atomic mass is 10.2. The van der Waals surface area contributed by atoms with Crippen molar-refractivity contribution in [1.29, 1.82) is 0 Å². The first-order valence-electron chi connectivity index (χ1n) is 6.34. The van der Waals surface area contributed by atoms with E-state index in [1.54, 1.807) is 31.4 Å². The average molecular weight is 267 g/mol. The third-order valence-corrected chi connectivity index (χ3v) is 2.84. The summed E-state index contributed by atoms with van der Waals surface area (Å²) in [6.45, 7) is 6.03. The van der Waals surface area contributed by atoms with Crippen molar-refractivity contribution >= 4 is 5.97 Å². The number of hydrogen-bond donors (Lipinski definition) is 1. The van der Waals surface area contributed by atoms with Crippen LogP contribution in [0.4, 0.5) is 0 Å². The van der Waals surface area contributed by atoms with Gasteiger partial charge in [0.05, 0.1) is 12.2 Å². The molecule has 0 saturated carbocycles. The number of likely N-dealkylation sites (N-methyl/N-ethyl adjacent to an activating group) is 1. The summed E-state index contributed by atoms with van der Waals surface area (Å²) < 4.78 is 10.6. The van der Waals surface area contributed by atoms with Gasteiger partial charge in [-0.15, -0.1) is 0 Å². The molecule has 0 radical (unpaired) electrons. The summed E-state index contributed by atoms with van der Waals surface area (Å²) in [7, 11) is 1.69. The first-order valence-corrected chi connectivity index (χ1v) is 6.34. The molecule has 5 nitrogen and oxygen atoms in total. The van der Waals surface area contributed by atoms with Gasteiger partial charge in [-0.1, -0.05) is 6.92 Å². The third kappa shape index (κ3) is 5.72. The fourth-order valence-electron chi connectivity index (χ4n) is 1.63.